The number of nitrogens with zero attached hydrogens (tertiary/aromatic N) is 3. The Hall–Kier alpha value is -2.68. The molecule has 0 atom stereocenters. The fourth-order valence-electron chi connectivity index (χ4n) is 2.30. The van der Waals surface area contributed by atoms with Crippen LogP contribution in [0.2, 0.25) is 5.02 Å². The SMILES string of the molecule is O=C=Nc1ncc(-c2ccccc2Cl)n1Cc1ccccc1. The van der Waals surface area contributed by atoms with E-state index < -0.39 is 0 Å². The molecule has 5 heteroatoms. The summed E-state index contributed by atoms with van der Waals surface area (Å²) in [6, 6.07) is 17.4. The molecule has 22 heavy (non-hydrogen) atoms. The van der Waals surface area contributed by atoms with Gasteiger partial charge in [0.25, 0.3) is 0 Å². The van der Waals surface area contributed by atoms with E-state index in [0.717, 1.165) is 16.8 Å². The summed E-state index contributed by atoms with van der Waals surface area (Å²) >= 11 is 6.27. The van der Waals surface area contributed by atoms with Crippen molar-refractivity contribution in [3.05, 3.63) is 71.4 Å². The first-order valence-electron chi connectivity index (χ1n) is 6.72. The molecule has 0 saturated heterocycles. The minimum Gasteiger partial charge on any atom is -0.303 e. The molecule has 0 saturated carbocycles. The average Bonchev–Trinajstić information content (AvgIpc) is 2.92. The Morgan fingerprint density at radius 2 is 1.82 bits per heavy atom. The molecule has 4 nitrogen and oxygen atoms in total. The van der Waals surface area contributed by atoms with Crippen LogP contribution in [0, 0.1) is 0 Å². The Bertz CT molecular complexity index is 836. The molecule has 0 aliphatic rings. The minimum atomic E-state index is 0.314. The highest BCUT2D eigenvalue weighted by Crippen LogP contribution is 2.30. The maximum absolute atomic E-state index is 10.6. The third-order valence-corrected chi connectivity index (χ3v) is 3.64. The lowest BCUT2D eigenvalue weighted by molar-refractivity contribution is 0.564. The second kappa shape index (κ2) is 6.39. The van der Waals surface area contributed by atoms with Gasteiger partial charge in [0, 0.05) is 10.6 Å². The second-order valence-electron chi connectivity index (χ2n) is 4.70. The van der Waals surface area contributed by atoms with Crippen LogP contribution in [0.5, 0.6) is 0 Å². The summed E-state index contributed by atoms with van der Waals surface area (Å²) in [5.74, 6) is 0.314. The molecule has 0 aliphatic heterocycles. The van der Waals surface area contributed by atoms with E-state index in [9.17, 15) is 4.79 Å². The Labute approximate surface area is 132 Å². The third kappa shape index (κ3) is 2.84. The first-order valence-corrected chi connectivity index (χ1v) is 7.09. The molecule has 3 rings (SSSR count). The first kappa shape index (κ1) is 14.3. The van der Waals surface area contributed by atoms with Gasteiger partial charge in [-0.25, -0.2) is 9.78 Å². The van der Waals surface area contributed by atoms with Gasteiger partial charge in [-0.05, 0) is 11.6 Å². The molecule has 2 aromatic carbocycles. The number of halogens is 1. The number of isocyanates is 1. The van der Waals surface area contributed by atoms with Crippen molar-refractivity contribution in [3.8, 4) is 11.3 Å². The number of rotatable bonds is 4. The van der Waals surface area contributed by atoms with Crippen molar-refractivity contribution in [1.29, 1.82) is 0 Å². The summed E-state index contributed by atoms with van der Waals surface area (Å²) in [7, 11) is 0. The summed E-state index contributed by atoms with van der Waals surface area (Å²) in [4.78, 5) is 18.5. The van der Waals surface area contributed by atoms with Gasteiger partial charge in [0.1, 0.15) is 0 Å². The van der Waals surface area contributed by atoms with Crippen LogP contribution in [-0.4, -0.2) is 15.6 Å². The van der Waals surface area contributed by atoms with Crippen molar-refractivity contribution in [1.82, 2.24) is 9.55 Å². The van der Waals surface area contributed by atoms with Gasteiger partial charge in [-0.1, -0.05) is 60.1 Å². The van der Waals surface area contributed by atoms with E-state index in [-0.39, 0.29) is 0 Å². The number of aromatic nitrogens is 2. The van der Waals surface area contributed by atoms with E-state index in [4.69, 9.17) is 11.6 Å². The van der Waals surface area contributed by atoms with Gasteiger partial charge in [0.05, 0.1) is 18.4 Å². The number of aliphatic imine (C=N–C) groups is 1. The smallest absolute Gasteiger partial charge is 0.243 e. The molecule has 0 N–H and O–H groups in total. The zero-order valence-electron chi connectivity index (χ0n) is 11.6. The van der Waals surface area contributed by atoms with E-state index in [1.54, 1.807) is 12.3 Å². The zero-order chi connectivity index (χ0) is 15.4. The lowest BCUT2D eigenvalue weighted by Crippen LogP contribution is -2.01. The fraction of sp³-hybridized carbons (Fsp3) is 0.0588. The van der Waals surface area contributed by atoms with Gasteiger partial charge in [0.15, 0.2) is 0 Å². The van der Waals surface area contributed by atoms with Crippen LogP contribution in [0.1, 0.15) is 5.56 Å². The van der Waals surface area contributed by atoms with Crippen molar-refractivity contribution < 1.29 is 4.79 Å². The second-order valence-corrected chi connectivity index (χ2v) is 5.11. The predicted molar refractivity (Wildman–Crippen MR) is 86.0 cm³/mol. The van der Waals surface area contributed by atoms with Gasteiger partial charge < -0.3 is 4.57 Å². The van der Waals surface area contributed by atoms with E-state index in [1.165, 1.54) is 0 Å². The average molecular weight is 310 g/mol. The topological polar surface area (TPSA) is 47.2 Å². The van der Waals surface area contributed by atoms with Crippen molar-refractivity contribution >= 4 is 23.6 Å². The van der Waals surface area contributed by atoms with Gasteiger partial charge in [-0.3, -0.25) is 0 Å². The van der Waals surface area contributed by atoms with Crippen LogP contribution >= 0.6 is 11.6 Å². The molecule has 0 spiro atoms. The minimum absolute atomic E-state index is 0.314. The van der Waals surface area contributed by atoms with Gasteiger partial charge in [-0.15, -0.1) is 4.99 Å². The quantitative estimate of drug-likeness (QED) is 0.535. The number of hydrogen-bond donors (Lipinski definition) is 0. The van der Waals surface area contributed by atoms with E-state index in [1.807, 2.05) is 59.2 Å². The summed E-state index contributed by atoms with van der Waals surface area (Å²) < 4.78 is 1.85. The number of benzene rings is 2. The predicted octanol–water partition coefficient (Wildman–Crippen LogP) is 4.22. The molecule has 1 aromatic heterocycles. The van der Waals surface area contributed by atoms with E-state index in [2.05, 4.69) is 9.98 Å². The highest BCUT2D eigenvalue weighted by atomic mass is 35.5. The molecular formula is C17H12ClN3O. The molecule has 0 fully saturated rings. The molecule has 0 unspecified atom stereocenters. The van der Waals surface area contributed by atoms with Crippen molar-refractivity contribution in [2.75, 3.05) is 0 Å². The van der Waals surface area contributed by atoms with Gasteiger partial charge in [-0.2, -0.15) is 0 Å². The molecule has 1 heterocycles. The number of imidazole rings is 1. The maximum atomic E-state index is 10.6. The Morgan fingerprint density at radius 1 is 1.09 bits per heavy atom. The number of hydrogen-bond acceptors (Lipinski definition) is 3. The normalized spacial score (nSPS) is 10.2. The van der Waals surface area contributed by atoms with Crippen LogP contribution < -0.4 is 0 Å². The highest BCUT2D eigenvalue weighted by molar-refractivity contribution is 6.33. The molecule has 108 valence electrons. The van der Waals surface area contributed by atoms with Crippen LogP contribution in [0.25, 0.3) is 11.3 Å². The van der Waals surface area contributed by atoms with Crippen molar-refractivity contribution in [2.45, 2.75) is 6.54 Å². The summed E-state index contributed by atoms with van der Waals surface area (Å²) in [6.45, 7) is 0.544. The van der Waals surface area contributed by atoms with Crippen molar-refractivity contribution in [2.24, 2.45) is 4.99 Å². The standard InChI is InChI=1S/C17H12ClN3O/c18-15-9-5-4-8-14(15)16-10-19-17(20-12-22)21(16)11-13-6-2-1-3-7-13/h1-10H,11H2. The van der Waals surface area contributed by atoms with Gasteiger partial charge in [0.2, 0.25) is 12.0 Å². The van der Waals surface area contributed by atoms with Crippen LogP contribution in [-0.2, 0) is 11.3 Å². The molecule has 0 aliphatic carbocycles. The Morgan fingerprint density at radius 3 is 2.55 bits per heavy atom. The Balaban J connectivity index is 2.12. The third-order valence-electron chi connectivity index (χ3n) is 3.31. The molecule has 3 aromatic rings. The largest absolute Gasteiger partial charge is 0.303 e. The fourth-order valence-corrected chi connectivity index (χ4v) is 2.53. The molecule has 0 bridgehead atoms. The summed E-state index contributed by atoms with van der Waals surface area (Å²) in [5, 5.41) is 0.623. The highest BCUT2D eigenvalue weighted by Gasteiger charge is 2.14. The zero-order valence-corrected chi connectivity index (χ0v) is 12.4. The monoisotopic (exact) mass is 309 g/mol. The molecule has 0 amide bonds. The van der Waals surface area contributed by atoms with E-state index in [0.29, 0.717) is 17.5 Å². The van der Waals surface area contributed by atoms with Crippen molar-refractivity contribution in [3.63, 3.8) is 0 Å². The van der Waals surface area contributed by atoms with E-state index >= 15 is 0 Å². The van der Waals surface area contributed by atoms with Gasteiger partial charge >= 0.3 is 0 Å². The summed E-state index contributed by atoms with van der Waals surface area (Å²) in [6.07, 6.45) is 3.22. The number of carbonyl (C=O) groups excluding carboxylic acids is 1. The van der Waals surface area contributed by atoms with Crippen LogP contribution in [0.15, 0.2) is 65.8 Å². The van der Waals surface area contributed by atoms with Crippen LogP contribution in [0.4, 0.5) is 5.95 Å². The Kier molecular flexibility index (Phi) is 4.15. The molecular weight excluding hydrogens is 298 g/mol. The lowest BCUT2D eigenvalue weighted by Gasteiger charge is -2.11. The van der Waals surface area contributed by atoms with Crippen LogP contribution in [0.3, 0.4) is 0 Å². The first-order chi connectivity index (χ1) is 10.8. The molecule has 0 radical (unpaired) electrons. The lowest BCUT2D eigenvalue weighted by atomic mass is 10.1. The maximum Gasteiger partial charge on any atom is 0.243 e. The summed E-state index contributed by atoms with van der Waals surface area (Å²) in [5.41, 5.74) is 2.74.